The summed E-state index contributed by atoms with van der Waals surface area (Å²) in [6.45, 7) is 0.543. The average molecular weight is 497 g/mol. The summed E-state index contributed by atoms with van der Waals surface area (Å²) < 4.78 is 1.60. The zero-order valence-corrected chi connectivity index (χ0v) is 14.8. The minimum absolute atomic E-state index is 0.0366. The number of halogens is 2. The number of aromatic hydroxyl groups is 1. The second-order valence-corrected chi connectivity index (χ2v) is 6.59. The highest BCUT2D eigenvalue weighted by Crippen LogP contribution is 2.26. The Labute approximate surface area is 143 Å². The highest BCUT2D eigenvalue weighted by molar-refractivity contribution is 14.1. The minimum atomic E-state index is -0.252. The van der Waals surface area contributed by atoms with Gasteiger partial charge in [-0.2, -0.15) is 0 Å². The number of hydrogen-bond acceptors (Lipinski definition) is 3. The molecule has 0 spiro atoms. The lowest BCUT2D eigenvalue weighted by molar-refractivity contribution is 0.0950. The van der Waals surface area contributed by atoms with Gasteiger partial charge in [0.15, 0.2) is 0 Å². The smallest absolute Gasteiger partial charge is 0.255 e. The number of phenols is 1. The van der Waals surface area contributed by atoms with Crippen molar-refractivity contribution in [3.05, 3.63) is 43.1 Å². The van der Waals surface area contributed by atoms with E-state index in [9.17, 15) is 9.90 Å². The molecule has 2 aromatic rings. The van der Waals surface area contributed by atoms with Crippen LogP contribution in [0.25, 0.3) is 0 Å². The van der Waals surface area contributed by atoms with E-state index < -0.39 is 0 Å². The quantitative estimate of drug-likeness (QED) is 0.440. The van der Waals surface area contributed by atoms with E-state index in [4.69, 9.17) is 0 Å². The van der Waals surface area contributed by atoms with Gasteiger partial charge in [0.05, 0.1) is 9.13 Å². The van der Waals surface area contributed by atoms with Crippen LogP contribution < -0.4 is 5.32 Å². The molecule has 0 radical (unpaired) electrons. The van der Waals surface area contributed by atoms with Gasteiger partial charge in [-0.05, 0) is 63.7 Å². The number of phenolic OH excluding ortho intramolecular Hbond substituents is 1. The predicted molar refractivity (Wildman–Crippen MR) is 92.8 cm³/mol. The van der Waals surface area contributed by atoms with Gasteiger partial charge in [-0.3, -0.25) is 4.79 Å². The number of hydrogen-bond donors (Lipinski definition) is 3. The summed E-state index contributed by atoms with van der Waals surface area (Å²) in [4.78, 5) is 19.2. The van der Waals surface area contributed by atoms with Crippen LogP contribution in [0.15, 0.2) is 24.5 Å². The third-order valence-electron chi connectivity index (χ3n) is 2.70. The number of carbonyl (C=O) groups is 1. The zero-order valence-electron chi connectivity index (χ0n) is 10.5. The molecule has 0 bridgehead atoms. The standard InChI is InChI=1S/C13H13I2N3O2/c14-8-6-9(12(19)10(15)7-8)13(20)18-3-1-2-11-16-4-5-17-11/h4-7,19H,1-3H2,(H,16,17)(H,18,20). The molecular formula is C13H13I2N3O2. The van der Waals surface area contributed by atoms with Gasteiger partial charge < -0.3 is 15.4 Å². The van der Waals surface area contributed by atoms with Crippen molar-refractivity contribution in [3.63, 3.8) is 0 Å². The van der Waals surface area contributed by atoms with Crippen molar-refractivity contribution in [2.75, 3.05) is 6.54 Å². The Kier molecular flexibility index (Phi) is 5.64. The van der Waals surface area contributed by atoms with E-state index in [-0.39, 0.29) is 11.7 Å². The number of aromatic amines is 1. The first-order valence-corrected chi connectivity index (χ1v) is 8.18. The molecule has 2 rings (SSSR count). The number of carbonyl (C=O) groups excluding carboxylic acids is 1. The second kappa shape index (κ2) is 7.25. The number of imidazole rings is 1. The summed E-state index contributed by atoms with van der Waals surface area (Å²) in [6, 6.07) is 3.50. The molecule has 0 aliphatic carbocycles. The third-order valence-corrected chi connectivity index (χ3v) is 4.15. The van der Waals surface area contributed by atoms with Crippen LogP contribution >= 0.6 is 45.2 Å². The van der Waals surface area contributed by atoms with Gasteiger partial charge in [0.25, 0.3) is 5.91 Å². The van der Waals surface area contributed by atoms with Crippen LogP contribution in [-0.4, -0.2) is 27.5 Å². The Balaban J connectivity index is 1.89. The van der Waals surface area contributed by atoms with E-state index in [1.54, 1.807) is 18.5 Å². The molecule has 106 valence electrons. The normalized spacial score (nSPS) is 10.5. The molecular weight excluding hydrogens is 484 g/mol. The molecule has 0 aliphatic rings. The maximum absolute atomic E-state index is 12.0. The summed E-state index contributed by atoms with van der Waals surface area (Å²) in [7, 11) is 0. The Morgan fingerprint density at radius 2 is 2.20 bits per heavy atom. The van der Waals surface area contributed by atoms with Crippen molar-refractivity contribution in [2.24, 2.45) is 0 Å². The highest BCUT2D eigenvalue weighted by Gasteiger charge is 2.14. The molecule has 0 atom stereocenters. The summed E-state index contributed by atoms with van der Waals surface area (Å²) in [5, 5.41) is 12.7. The first-order chi connectivity index (χ1) is 9.58. The van der Waals surface area contributed by atoms with Crippen molar-refractivity contribution < 1.29 is 9.90 Å². The molecule has 0 fully saturated rings. The highest BCUT2D eigenvalue weighted by atomic mass is 127. The molecule has 0 saturated heterocycles. The second-order valence-electron chi connectivity index (χ2n) is 4.18. The van der Waals surface area contributed by atoms with E-state index in [0.717, 1.165) is 22.2 Å². The van der Waals surface area contributed by atoms with Gasteiger partial charge in [0.2, 0.25) is 0 Å². The summed E-state index contributed by atoms with van der Waals surface area (Å²) in [5.74, 6) is 0.693. The maximum Gasteiger partial charge on any atom is 0.255 e. The van der Waals surface area contributed by atoms with Crippen molar-refractivity contribution >= 4 is 51.1 Å². The van der Waals surface area contributed by atoms with Gasteiger partial charge in [-0.1, -0.05) is 0 Å². The summed E-state index contributed by atoms with van der Waals surface area (Å²) in [6.07, 6.45) is 5.06. The van der Waals surface area contributed by atoms with E-state index in [1.807, 2.05) is 28.7 Å². The molecule has 5 nitrogen and oxygen atoms in total. The van der Waals surface area contributed by atoms with Crippen molar-refractivity contribution in [1.82, 2.24) is 15.3 Å². The number of aryl methyl sites for hydroxylation is 1. The van der Waals surface area contributed by atoms with E-state index in [0.29, 0.717) is 15.7 Å². The number of aromatic nitrogens is 2. The van der Waals surface area contributed by atoms with Crippen LogP contribution in [0.4, 0.5) is 0 Å². The van der Waals surface area contributed by atoms with Gasteiger partial charge in [0.1, 0.15) is 11.6 Å². The number of H-pyrrole nitrogens is 1. The van der Waals surface area contributed by atoms with E-state index >= 15 is 0 Å². The van der Waals surface area contributed by atoms with Crippen molar-refractivity contribution in [2.45, 2.75) is 12.8 Å². The number of benzene rings is 1. The average Bonchev–Trinajstić information content (AvgIpc) is 2.91. The fraction of sp³-hybridized carbons (Fsp3) is 0.231. The van der Waals surface area contributed by atoms with Crippen LogP contribution in [-0.2, 0) is 6.42 Å². The largest absolute Gasteiger partial charge is 0.506 e. The maximum atomic E-state index is 12.0. The van der Waals surface area contributed by atoms with Gasteiger partial charge in [-0.15, -0.1) is 0 Å². The molecule has 0 unspecified atom stereocenters. The molecule has 7 heteroatoms. The van der Waals surface area contributed by atoms with Crippen molar-refractivity contribution in [1.29, 1.82) is 0 Å². The predicted octanol–water partition coefficient (Wildman–Crippen LogP) is 2.69. The Morgan fingerprint density at radius 1 is 1.40 bits per heavy atom. The minimum Gasteiger partial charge on any atom is -0.506 e. The molecule has 1 heterocycles. The summed E-state index contributed by atoms with van der Waals surface area (Å²) >= 11 is 4.14. The summed E-state index contributed by atoms with van der Waals surface area (Å²) in [5.41, 5.74) is 0.319. The first kappa shape index (κ1) is 15.5. The number of rotatable bonds is 5. The Morgan fingerprint density at radius 3 is 2.90 bits per heavy atom. The molecule has 1 aromatic heterocycles. The lowest BCUT2D eigenvalue weighted by Gasteiger charge is -2.08. The fourth-order valence-electron chi connectivity index (χ4n) is 1.73. The third kappa shape index (κ3) is 4.08. The number of amides is 1. The SMILES string of the molecule is O=C(NCCCc1ncc[nH]1)c1cc(I)cc(I)c1O. The van der Waals surface area contributed by atoms with Crippen LogP contribution in [0.1, 0.15) is 22.6 Å². The first-order valence-electron chi connectivity index (χ1n) is 6.02. The molecule has 1 aromatic carbocycles. The fourth-order valence-corrected chi connectivity index (χ4v) is 3.57. The number of nitrogens with zero attached hydrogens (tertiary/aromatic N) is 1. The van der Waals surface area contributed by atoms with Gasteiger partial charge >= 0.3 is 0 Å². The monoisotopic (exact) mass is 497 g/mol. The van der Waals surface area contributed by atoms with Crippen LogP contribution in [0, 0.1) is 7.14 Å². The molecule has 0 saturated carbocycles. The lowest BCUT2D eigenvalue weighted by atomic mass is 10.2. The van der Waals surface area contributed by atoms with E-state index in [1.165, 1.54) is 0 Å². The van der Waals surface area contributed by atoms with Crippen molar-refractivity contribution in [3.8, 4) is 5.75 Å². The molecule has 0 aliphatic heterocycles. The van der Waals surface area contributed by atoms with Crippen LogP contribution in [0.2, 0.25) is 0 Å². The van der Waals surface area contributed by atoms with Crippen LogP contribution in [0.3, 0.4) is 0 Å². The Hall–Kier alpha value is -0.840. The van der Waals surface area contributed by atoms with E-state index in [2.05, 4.69) is 37.9 Å². The molecule has 20 heavy (non-hydrogen) atoms. The van der Waals surface area contributed by atoms with Crippen LogP contribution in [0.5, 0.6) is 5.75 Å². The topological polar surface area (TPSA) is 78.0 Å². The zero-order chi connectivity index (χ0) is 14.5. The number of nitrogens with one attached hydrogen (secondary N) is 2. The molecule has 3 N–H and O–H groups in total. The van der Waals surface area contributed by atoms with Gasteiger partial charge in [-0.25, -0.2) is 4.98 Å². The lowest BCUT2D eigenvalue weighted by Crippen LogP contribution is -2.25. The Bertz CT molecular complexity index is 600. The van der Waals surface area contributed by atoms with Gasteiger partial charge in [0, 0.05) is 28.9 Å². The molecule has 1 amide bonds.